The number of anilines is 3. The second-order valence-corrected chi connectivity index (χ2v) is 8.72. The van der Waals surface area contributed by atoms with Crippen LogP contribution in [-0.2, 0) is 4.74 Å². The molecule has 4 rings (SSSR count). The van der Waals surface area contributed by atoms with Crippen LogP contribution in [0.2, 0.25) is 0 Å². The van der Waals surface area contributed by atoms with Crippen molar-refractivity contribution in [2.24, 2.45) is 5.41 Å². The molecule has 1 aliphatic rings. The lowest BCUT2D eigenvalue weighted by Crippen LogP contribution is -2.49. The van der Waals surface area contributed by atoms with E-state index in [-0.39, 0.29) is 27.4 Å². The number of rotatable bonds is 7. The van der Waals surface area contributed by atoms with Crippen LogP contribution in [0.4, 0.5) is 17.1 Å². The fraction of sp³-hybridized carbons (Fsp3) is 0.381. The van der Waals surface area contributed by atoms with Crippen LogP contribution in [0.3, 0.4) is 0 Å². The molecule has 1 aromatic carbocycles. The summed E-state index contributed by atoms with van der Waals surface area (Å²) in [7, 11) is 3.75. The number of ether oxygens (including phenoxy) is 1. The van der Waals surface area contributed by atoms with E-state index >= 15 is 0 Å². The third kappa shape index (κ3) is 4.27. The van der Waals surface area contributed by atoms with E-state index < -0.39 is 28.6 Å². The first-order chi connectivity index (χ1) is 15.1. The zero-order valence-corrected chi connectivity index (χ0v) is 18.9. The summed E-state index contributed by atoms with van der Waals surface area (Å²) in [6, 6.07) is 3.20. The quantitative estimate of drug-likeness (QED) is 0.331. The van der Waals surface area contributed by atoms with Gasteiger partial charge in [0, 0.05) is 10.8 Å². The lowest BCUT2D eigenvalue weighted by atomic mass is 9.79. The molecule has 1 fully saturated rings. The van der Waals surface area contributed by atoms with Crippen molar-refractivity contribution in [3.63, 3.8) is 0 Å². The van der Waals surface area contributed by atoms with E-state index in [1.165, 1.54) is 5.38 Å². The maximum atomic E-state index is 12.2. The Hall–Kier alpha value is -3.15. The Morgan fingerprint density at radius 3 is 2.28 bits per heavy atom. The summed E-state index contributed by atoms with van der Waals surface area (Å²) >= 11 is 0.812. The van der Waals surface area contributed by atoms with Crippen molar-refractivity contribution in [3.05, 3.63) is 54.4 Å². The van der Waals surface area contributed by atoms with Crippen LogP contribution < -0.4 is 26.8 Å². The van der Waals surface area contributed by atoms with Crippen LogP contribution in [0.1, 0.15) is 34.2 Å². The maximum absolute atomic E-state index is 12.2. The molecule has 32 heavy (non-hydrogen) atoms. The summed E-state index contributed by atoms with van der Waals surface area (Å²) in [4.78, 5) is 35.2. The van der Waals surface area contributed by atoms with E-state index in [9.17, 15) is 19.5 Å². The Labute approximate surface area is 187 Å². The van der Waals surface area contributed by atoms with Crippen LogP contribution in [-0.4, -0.2) is 43.5 Å². The normalized spacial score (nSPS) is 15.4. The van der Waals surface area contributed by atoms with Gasteiger partial charge in [0.05, 0.1) is 24.9 Å². The number of hydrogen-bond donors (Lipinski definition) is 5. The van der Waals surface area contributed by atoms with Crippen molar-refractivity contribution < 1.29 is 24.2 Å². The predicted octanol–water partition coefficient (Wildman–Crippen LogP) is 2.42. The van der Waals surface area contributed by atoms with E-state index in [1.54, 1.807) is 6.07 Å². The molecule has 2 aromatic heterocycles. The zero-order chi connectivity index (χ0) is 23.6. The highest BCUT2D eigenvalue weighted by Gasteiger charge is 2.45. The standard InChI is InChI=1S/C19H18N2O7S.C2H7N/c1-8-3-4-10(28-8)17(19(2)6-27-7-19)21-12-11(14(23)15(12)24)20-9-5-29-16(13(9)22)18(25)26;1-3-2/h3-5,17,20-22H,6-7H2,1-2H3,(H,25,26);3H,1-2H3/t17-;/m0./s1. The van der Waals surface area contributed by atoms with Gasteiger partial charge in [-0.15, -0.1) is 11.3 Å². The Balaban J connectivity index is 0.000000913. The molecule has 10 nitrogen and oxygen atoms in total. The topological polar surface area (TPSA) is 150 Å². The van der Waals surface area contributed by atoms with Gasteiger partial charge in [0.2, 0.25) is 0 Å². The van der Waals surface area contributed by atoms with Gasteiger partial charge in [-0.3, -0.25) is 9.59 Å². The molecule has 1 atom stereocenters. The monoisotopic (exact) mass is 463 g/mol. The first kappa shape index (κ1) is 23.5. The van der Waals surface area contributed by atoms with Gasteiger partial charge in [0.15, 0.2) is 10.6 Å². The molecule has 0 bridgehead atoms. The van der Waals surface area contributed by atoms with E-state index in [4.69, 9.17) is 14.3 Å². The number of carboxylic acid groups (broad SMARTS) is 1. The first-order valence-electron chi connectivity index (χ1n) is 9.76. The van der Waals surface area contributed by atoms with E-state index in [0.29, 0.717) is 24.7 Å². The van der Waals surface area contributed by atoms with Gasteiger partial charge in [0.25, 0.3) is 10.9 Å². The first-order valence-corrected chi connectivity index (χ1v) is 10.6. The molecular weight excluding hydrogens is 438 g/mol. The van der Waals surface area contributed by atoms with Crippen LogP contribution in [0.15, 0.2) is 31.5 Å². The Morgan fingerprint density at radius 2 is 1.81 bits per heavy atom. The Morgan fingerprint density at radius 1 is 1.19 bits per heavy atom. The zero-order valence-electron chi connectivity index (χ0n) is 18.1. The number of aromatic hydroxyl groups is 1. The Kier molecular flexibility index (Phi) is 6.72. The van der Waals surface area contributed by atoms with E-state index in [1.807, 2.05) is 34.0 Å². The molecule has 0 saturated carbocycles. The maximum Gasteiger partial charge on any atom is 0.349 e. The summed E-state index contributed by atoms with van der Waals surface area (Å²) in [6.45, 7) is 4.70. The Bertz CT molecular complexity index is 1180. The molecule has 172 valence electrons. The van der Waals surface area contributed by atoms with Gasteiger partial charge in [-0.1, -0.05) is 6.92 Å². The number of thiophene rings is 1. The second kappa shape index (κ2) is 9.15. The van der Waals surface area contributed by atoms with Gasteiger partial charge in [-0.05, 0) is 33.2 Å². The van der Waals surface area contributed by atoms with Gasteiger partial charge >= 0.3 is 5.97 Å². The summed E-state index contributed by atoms with van der Waals surface area (Å²) in [5.41, 5.74) is -1.72. The van der Waals surface area contributed by atoms with E-state index in [0.717, 1.165) is 11.3 Å². The van der Waals surface area contributed by atoms with E-state index in [2.05, 4.69) is 16.0 Å². The average molecular weight is 464 g/mol. The number of nitrogens with one attached hydrogen (secondary N) is 3. The number of furan rings is 1. The lowest BCUT2D eigenvalue weighted by molar-refractivity contribution is -0.115. The minimum absolute atomic E-state index is 0.0304. The number of hydrogen-bond acceptors (Lipinski definition) is 10. The second-order valence-electron chi connectivity index (χ2n) is 7.84. The fourth-order valence-electron chi connectivity index (χ4n) is 3.31. The van der Waals surface area contributed by atoms with Gasteiger partial charge in [-0.25, -0.2) is 4.79 Å². The molecule has 3 heterocycles. The highest BCUT2D eigenvalue weighted by molar-refractivity contribution is 7.12. The number of aromatic carboxylic acids is 1. The third-order valence-electron chi connectivity index (χ3n) is 5.02. The van der Waals surface area contributed by atoms with Crippen LogP contribution in [0.5, 0.6) is 5.75 Å². The molecule has 11 heteroatoms. The molecule has 0 aliphatic carbocycles. The molecule has 0 spiro atoms. The smallest absolute Gasteiger partial charge is 0.349 e. The summed E-state index contributed by atoms with van der Waals surface area (Å²) in [6.07, 6.45) is 0. The molecule has 1 aliphatic heterocycles. The molecule has 3 aromatic rings. The molecule has 0 radical (unpaired) electrons. The minimum atomic E-state index is -1.28. The predicted molar refractivity (Wildman–Crippen MR) is 121 cm³/mol. The summed E-state index contributed by atoms with van der Waals surface area (Å²) < 4.78 is 11.1. The number of aryl methyl sites for hydroxylation is 1. The highest BCUT2D eigenvalue weighted by Crippen LogP contribution is 2.44. The third-order valence-corrected chi connectivity index (χ3v) is 5.98. The molecule has 5 N–H and O–H groups in total. The van der Waals surface area contributed by atoms with Crippen LogP contribution >= 0.6 is 11.3 Å². The minimum Gasteiger partial charge on any atom is -0.504 e. The SMILES string of the molecule is CNC.Cc1ccc([C@H](Nc2c(Nc3csc(C(=O)O)c3O)c(=O)c2=O)C2(C)COC2)o1. The molecular formula is C21H25N3O7S. The number of carbonyl (C=O) groups is 1. The molecule has 1 saturated heterocycles. The van der Waals surface area contributed by atoms with Gasteiger partial charge in [-0.2, -0.15) is 0 Å². The van der Waals surface area contributed by atoms with Crippen LogP contribution in [0, 0.1) is 12.3 Å². The lowest BCUT2D eigenvalue weighted by Gasteiger charge is -2.44. The van der Waals surface area contributed by atoms with Crippen molar-refractivity contribution in [1.29, 1.82) is 0 Å². The number of carboxylic acids is 1. The van der Waals surface area contributed by atoms with Gasteiger partial charge < -0.3 is 35.3 Å². The van der Waals surface area contributed by atoms with Crippen molar-refractivity contribution in [2.75, 3.05) is 37.9 Å². The van der Waals surface area contributed by atoms with Crippen molar-refractivity contribution >= 4 is 34.4 Å². The molecule has 0 amide bonds. The van der Waals surface area contributed by atoms with Crippen molar-refractivity contribution in [1.82, 2.24) is 5.32 Å². The van der Waals surface area contributed by atoms with Crippen LogP contribution in [0.25, 0.3) is 0 Å². The van der Waals surface area contributed by atoms with Crippen molar-refractivity contribution in [3.8, 4) is 5.75 Å². The van der Waals surface area contributed by atoms with Crippen molar-refractivity contribution in [2.45, 2.75) is 19.9 Å². The highest BCUT2D eigenvalue weighted by atomic mass is 32.1. The van der Waals surface area contributed by atoms with Gasteiger partial charge in [0.1, 0.15) is 22.9 Å². The summed E-state index contributed by atoms with van der Waals surface area (Å²) in [5, 5.41) is 29.0. The summed E-state index contributed by atoms with van der Waals surface area (Å²) in [5.74, 6) is -0.448. The average Bonchev–Trinajstić information content (AvgIpc) is 3.31. The molecule has 0 unspecified atom stereocenters. The fourth-order valence-corrected chi connectivity index (χ4v) is 4.04. The largest absolute Gasteiger partial charge is 0.504 e.